The van der Waals surface area contributed by atoms with Crippen LogP contribution < -0.4 is 4.74 Å². The molecule has 1 heterocycles. The highest BCUT2D eigenvalue weighted by Gasteiger charge is 2.45. The fourth-order valence-corrected chi connectivity index (χ4v) is 5.38. The van der Waals surface area contributed by atoms with Crippen LogP contribution in [0, 0.1) is 5.41 Å². The number of likely N-dealkylation sites (tertiary alicyclic amines) is 1. The topological polar surface area (TPSA) is 21.7 Å². The van der Waals surface area contributed by atoms with Crippen LogP contribution in [0.4, 0.5) is 0 Å². The number of methoxy groups -OCH3 is 1. The molecule has 27 heavy (non-hydrogen) atoms. The van der Waals surface area contributed by atoms with Gasteiger partial charge < -0.3 is 9.47 Å². The van der Waals surface area contributed by atoms with Crippen molar-refractivity contribution < 1.29 is 9.47 Å². The minimum Gasteiger partial charge on any atom is -0.493 e. The van der Waals surface area contributed by atoms with E-state index < -0.39 is 0 Å². The van der Waals surface area contributed by atoms with Gasteiger partial charge in [-0.05, 0) is 55.5 Å². The Hall–Kier alpha value is -1.58. The Morgan fingerprint density at radius 2 is 1.96 bits per heavy atom. The van der Waals surface area contributed by atoms with Crippen molar-refractivity contribution in [2.45, 2.75) is 58.1 Å². The van der Waals surface area contributed by atoms with Gasteiger partial charge in [-0.3, -0.25) is 4.90 Å². The molecule has 1 aliphatic carbocycles. The molecule has 0 unspecified atom stereocenters. The number of benzene rings is 2. The summed E-state index contributed by atoms with van der Waals surface area (Å²) >= 11 is 0. The number of nitrogens with zero attached hydrogens (tertiary/aromatic N) is 1. The fourth-order valence-electron chi connectivity index (χ4n) is 5.38. The van der Waals surface area contributed by atoms with E-state index in [9.17, 15) is 0 Å². The van der Waals surface area contributed by atoms with E-state index in [1.54, 1.807) is 0 Å². The standard InChI is InChI=1S/C24H33NO2/c1-3-16-27-22-12-11-19-8-4-5-9-20(19)21(22)17-25-15-7-14-24(18-25)13-6-10-23(24)26-2/h4-5,8-9,11-12,23H,3,6-7,10,13-18H2,1-2H3/t23-,24-/m1/s1. The predicted octanol–water partition coefficient (Wildman–Crippen LogP) is 5.41. The highest BCUT2D eigenvalue weighted by molar-refractivity contribution is 5.87. The predicted molar refractivity (Wildman–Crippen MR) is 111 cm³/mol. The van der Waals surface area contributed by atoms with Crippen molar-refractivity contribution in [1.29, 1.82) is 0 Å². The summed E-state index contributed by atoms with van der Waals surface area (Å²) in [7, 11) is 1.90. The minimum atomic E-state index is 0.363. The van der Waals surface area contributed by atoms with Crippen LogP contribution in [0.5, 0.6) is 5.75 Å². The molecule has 1 saturated carbocycles. The highest BCUT2D eigenvalue weighted by atomic mass is 16.5. The maximum absolute atomic E-state index is 6.14. The largest absolute Gasteiger partial charge is 0.493 e. The summed E-state index contributed by atoms with van der Waals surface area (Å²) in [6.07, 6.45) is 7.91. The summed E-state index contributed by atoms with van der Waals surface area (Å²) in [5, 5.41) is 2.64. The molecule has 146 valence electrons. The first-order chi connectivity index (χ1) is 13.3. The van der Waals surface area contributed by atoms with Gasteiger partial charge in [0.15, 0.2) is 0 Å². The molecule has 0 radical (unpaired) electrons. The van der Waals surface area contributed by atoms with Gasteiger partial charge in [-0.15, -0.1) is 0 Å². The molecular weight excluding hydrogens is 334 g/mol. The monoisotopic (exact) mass is 367 g/mol. The molecule has 0 aromatic heterocycles. The molecule has 3 nitrogen and oxygen atoms in total. The van der Waals surface area contributed by atoms with E-state index in [1.807, 2.05) is 7.11 Å². The van der Waals surface area contributed by atoms with Crippen LogP contribution in [0.3, 0.4) is 0 Å². The summed E-state index contributed by atoms with van der Waals surface area (Å²) in [6, 6.07) is 13.1. The van der Waals surface area contributed by atoms with E-state index in [4.69, 9.17) is 9.47 Å². The Balaban J connectivity index is 1.62. The Bertz CT molecular complexity index is 774. The van der Waals surface area contributed by atoms with Crippen LogP contribution in [0.1, 0.15) is 51.0 Å². The van der Waals surface area contributed by atoms with Crippen molar-refractivity contribution in [3.8, 4) is 5.75 Å². The van der Waals surface area contributed by atoms with Crippen molar-refractivity contribution >= 4 is 10.8 Å². The summed E-state index contributed by atoms with van der Waals surface area (Å²) in [5.74, 6) is 1.06. The Labute approximate surface area is 163 Å². The zero-order valence-electron chi connectivity index (χ0n) is 16.9. The molecule has 2 aromatic rings. The molecule has 0 amide bonds. The SMILES string of the molecule is CCCOc1ccc2ccccc2c1CN1CCC[C@]2(CCC[C@H]2OC)C1. The lowest BCUT2D eigenvalue weighted by Crippen LogP contribution is -2.47. The fraction of sp³-hybridized carbons (Fsp3) is 0.583. The van der Waals surface area contributed by atoms with E-state index in [-0.39, 0.29) is 0 Å². The average Bonchev–Trinajstić information content (AvgIpc) is 3.09. The van der Waals surface area contributed by atoms with Gasteiger partial charge in [-0.1, -0.05) is 43.7 Å². The lowest BCUT2D eigenvalue weighted by molar-refractivity contribution is -0.0366. The van der Waals surface area contributed by atoms with Crippen molar-refractivity contribution in [1.82, 2.24) is 4.90 Å². The first-order valence-corrected chi connectivity index (χ1v) is 10.6. The maximum atomic E-state index is 6.14. The van der Waals surface area contributed by atoms with Gasteiger partial charge in [0.25, 0.3) is 0 Å². The molecule has 1 aliphatic heterocycles. The van der Waals surface area contributed by atoms with Crippen molar-refractivity contribution in [2.75, 3.05) is 26.8 Å². The van der Waals surface area contributed by atoms with E-state index in [2.05, 4.69) is 48.2 Å². The normalized spacial score (nSPS) is 26.1. The van der Waals surface area contributed by atoms with Gasteiger partial charge in [0.2, 0.25) is 0 Å². The molecule has 1 saturated heterocycles. The smallest absolute Gasteiger partial charge is 0.124 e. The third-order valence-corrected chi connectivity index (χ3v) is 6.64. The van der Waals surface area contributed by atoms with Gasteiger partial charge in [-0.2, -0.15) is 0 Å². The zero-order chi connectivity index (χ0) is 18.7. The van der Waals surface area contributed by atoms with Gasteiger partial charge >= 0.3 is 0 Å². The maximum Gasteiger partial charge on any atom is 0.124 e. The third-order valence-electron chi connectivity index (χ3n) is 6.64. The second-order valence-corrected chi connectivity index (χ2v) is 8.41. The number of piperidine rings is 1. The molecule has 1 spiro atoms. The van der Waals surface area contributed by atoms with Crippen molar-refractivity contribution in [3.05, 3.63) is 42.0 Å². The second-order valence-electron chi connectivity index (χ2n) is 8.41. The number of fused-ring (bicyclic) bond motifs is 1. The Kier molecular flexibility index (Phi) is 5.70. The van der Waals surface area contributed by atoms with E-state index in [1.165, 1.54) is 55.0 Å². The number of hydrogen-bond acceptors (Lipinski definition) is 3. The van der Waals surface area contributed by atoms with Crippen LogP contribution >= 0.6 is 0 Å². The molecule has 3 heteroatoms. The lowest BCUT2D eigenvalue weighted by Gasteiger charge is -2.44. The summed E-state index contributed by atoms with van der Waals surface area (Å²) in [5.41, 5.74) is 1.72. The molecule has 4 rings (SSSR count). The number of rotatable bonds is 6. The Morgan fingerprint density at radius 3 is 2.81 bits per heavy atom. The molecule has 2 aliphatic rings. The quantitative estimate of drug-likeness (QED) is 0.681. The van der Waals surface area contributed by atoms with Gasteiger partial charge in [0.1, 0.15) is 5.75 Å². The first kappa shape index (κ1) is 18.8. The van der Waals surface area contributed by atoms with Gasteiger partial charge in [0, 0.05) is 31.2 Å². The average molecular weight is 368 g/mol. The first-order valence-electron chi connectivity index (χ1n) is 10.6. The van der Waals surface area contributed by atoms with E-state index in [0.29, 0.717) is 11.5 Å². The summed E-state index contributed by atoms with van der Waals surface area (Å²) in [4.78, 5) is 2.65. The van der Waals surface area contributed by atoms with E-state index in [0.717, 1.165) is 31.9 Å². The number of hydrogen-bond donors (Lipinski definition) is 0. The molecule has 2 atom stereocenters. The zero-order valence-corrected chi connectivity index (χ0v) is 16.9. The summed E-state index contributed by atoms with van der Waals surface area (Å²) in [6.45, 7) is 6.25. The van der Waals surface area contributed by atoms with Crippen LogP contribution in [-0.4, -0.2) is 37.8 Å². The van der Waals surface area contributed by atoms with Gasteiger partial charge in [-0.25, -0.2) is 0 Å². The minimum absolute atomic E-state index is 0.363. The van der Waals surface area contributed by atoms with Crippen molar-refractivity contribution in [2.24, 2.45) is 5.41 Å². The van der Waals surface area contributed by atoms with E-state index >= 15 is 0 Å². The number of ether oxygens (including phenoxy) is 2. The third kappa shape index (κ3) is 3.72. The molecule has 2 aromatic carbocycles. The molecule has 2 fully saturated rings. The molecule has 0 N–H and O–H groups in total. The van der Waals surface area contributed by atoms with Crippen LogP contribution in [0.15, 0.2) is 36.4 Å². The molecule has 0 bridgehead atoms. The van der Waals surface area contributed by atoms with Crippen LogP contribution in [0.25, 0.3) is 10.8 Å². The lowest BCUT2D eigenvalue weighted by atomic mass is 9.76. The highest BCUT2D eigenvalue weighted by Crippen LogP contribution is 2.47. The molecular formula is C24H33NO2. The van der Waals surface area contributed by atoms with Crippen molar-refractivity contribution in [3.63, 3.8) is 0 Å². The Morgan fingerprint density at radius 1 is 1.11 bits per heavy atom. The van der Waals surface area contributed by atoms with Crippen LogP contribution in [0.2, 0.25) is 0 Å². The second kappa shape index (κ2) is 8.20. The van der Waals surface area contributed by atoms with Crippen LogP contribution in [-0.2, 0) is 11.3 Å². The van der Waals surface area contributed by atoms with Gasteiger partial charge in [0.05, 0.1) is 12.7 Å². The summed E-state index contributed by atoms with van der Waals surface area (Å²) < 4.78 is 12.0.